The Balaban J connectivity index is 2.39. The van der Waals surface area contributed by atoms with Crippen molar-refractivity contribution in [3.63, 3.8) is 0 Å². The minimum Gasteiger partial charge on any atom is -0.313 e. The third-order valence-corrected chi connectivity index (χ3v) is 4.32. The molecule has 102 valence electrons. The van der Waals surface area contributed by atoms with E-state index in [1.54, 1.807) is 0 Å². The van der Waals surface area contributed by atoms with Crippen LogP contribution in [0.2, 0.25) is 0 Å². The lowest BCUT2D eigenvalue weighted by Crippen LogP contribution is -2.34. The average Bonchev–Trinajstić information content (AvgIpc) is 2.36. The summed E-state index contributed by atoms with van der Waals surface area (Å²) in [5, 5.41) is 3.67. The molecule has 0 bridgehead atoms. The van der Waals surface area contributed by atoms with Crippen LogP contribution in [0.15, 0.2) is 30.3 Å². The first kappa shape index (κ1) is 15.6. The predicted octanol–water partition coefficient (Wildman–Crippen LogP) is 3.99. The molecule has 0 saturated heterocycles. The highest BCUT2D eigenvalue weighted by atomic mass is 32.2. The number of benzene rings is 1. The molecule has 1 N–H and O–H groups in total. The molecule has 1 nitrogen and oxygen atoms in total. The van der Waals surface area contributed by atoms with Gasteiger partial charge in [0.05, 0.1) is 0 Å². The van der Waals surface area contributed by atoms with Crippen LogP contribution in [-0.4, -0.2) is 24.1 Å². The van der Waals surface area contributed by atoms with Gasteiger partial charge < -0.3 is 5.32 Å². The molecule has 0 aliphatic carbocycles. The molecule has 0 aliphatic heterocycles. The first-order valence-electron chi connectivity index (χ1n) is 7.07. The topological polar surface area (TPSA) is 12.0 Å². The highest BCUT2D eigenvalue weighted by Gasteiger charge is 2.09. The summed E-state index contributed by atoms with van der Waals surface area (Å²) in [6.45, 7) is 7.94. The van der Waals surface area contributed by atoms with E-state index in [2.05, 4.69) is 68.2 Å². The van der Waals surface area contributed by atoms with Gasteiger partial charge in [0, 0.05) is 11.8 Å². The number of rotatable bonds is 9. The highest BCUT2D eigenvalue weighted by Crippen LogP contribution is 2.12. The molecule has 18 heavy (non-hydrogen) atoms. The van der Waals surface area contributed by atoms with Gasteiger partial charge in [-0.1, -0.05) is 51.1 Å². The van der Waals surface area contributed by atoms with Crippen molar-refractivity contribution in [2.45, 2.75) is 39.7 Å². The Morgan fingerprint density at radius 2 is 1.83 bits per heavy atom. The van der Waals surface area contributed by atoms with Crippen LogP contribution < -0.4 is 5.32 Å². The van der Waals surface area contributed by atoms with Gasteiger partial charge in [-0.25, -0.2) is 0 Å². The van der Waals surface area contributed by atoms with Crippen molar-refractivity contribution in [2.24, 2.45) is 5.92 Å². The van der Waals surface area contributed by atoms with E-state index in [1.165, 1.54) is 23.5 Å². The predicted molar refractivity (Wildman–Crippen MR) is 84.4 cm³/mol. The summed E-state index contributed by atoms with van der Waals surface area (Å²) < 4.78 is 0. The van der Waals surface area contributed by atoms with Gasteiger partial charge in [0.15, 0.2) is 0 Å². The molecule has 0 aliphatic rings. The Morgan fingerprint density at radius 3 is 2.44 bits per heavy atom. The Morgan fingerprint density at radius 1 is 1.11 bits per heavy atom. The molecular weight excluding hydrogens is 238 g/mol. The largest absolute Gasteiger partial charge is 0.313 e. The Hall–Kier alpha value is -0.470. The SMILES string of the molecule is CCCNC(CSCC(C)C)Cc1ccccc1. The Bertz CT molecular complexity index is 297. The number of nitrogens with one attached hydrogen (secondary N) is 1. The maximum atomic E-state index is 3.67. The van der Waals surface area contributed by atoms with E-state index in [1.807, 2.05) is 0 Å². The molecule has 1 unspecified atom stereocenters. The van der Waals surface area contributed by atoms with Gasteiger partial charge in [0.25, 0.3) is 0 Å². The third-order valence-electron chi connectivity index (χ3n) is 2.78. The van der Waals surface area contributed by atoms with Crippen LogP contribution in [0.5, 0.6) is 0 Å². The van der Waals surface area contributed by atoms with Gasteiger partial charge in [-0.2, -0.15) is 11.8 Å². The van der Waals surface area contributed by atoms with Crippen molar-refractivity contribution in [1.29, 1.82) is 0 Å². The van der Waals surface area contributed by atoms with Gasteiger partial charge in [-0.3, -0.25) is 0 Å². The van der Waals surface area contributed by atoms with Crippen molar-refractivity contribution in [3.05, 3.63) is 35.9 Å². The molecule has 0 aromatic heterocycles. The molecule has 0 saturated carbocycles. The molecule has 1 rings (SSSR count). The van der Waals surface area contributed by atoms with Crippen molar-refractivity contribution >= 4 is 11.8 Å². The smallest absolute Gasteiger partial charge is 0.0198 e. The van der Waals surface area contributed by atoms with Crippen LogP contribution in [0.1, 0.15) is 32.8 Å². The Labute approximate surface area is 117 Å². The first-order valence-corrected chi connectivity index (χ1v) is 8.23. The summed E-state index contributed by atoms with van der Waals surface area (Å²) in [5.74, 6) is 3.27. The van der Waals surface area contributed by atoms with E-state index in [0.717, 1.165) is 18.9 Å². The van der Waals surface area contributed by atoms with E-state index in [0.29, 0.717) is 6.04 Å². The van der Waals surface area contributed by atoms with E-state index in [9.17, 15) is 0 Å². The zero-order valence-electron chi connectivity index (χ0n) is 12.0. The Kier molecular flexibility index (Phi) is 8.19. The number of hydrogen-bond acceptors (Lipinski definition) is 2. The van der Waals surface area contributed by atoms with Crippen LogP contribution in [-0.2, 0) is 6.42 Å². The molecule has 0 heterocycles. The lowest BCUT2D eigenvalue weighted by Gasteiger charge is -2.19. The number of hydrogen-bond donors (Lipinski definition) is 1. The summed E-state index contributed by atoms with van der Waals surface area (Å²) in [4.78, 5) is 0. The van der Waals surface area contributed by atoms with E-state index in [-0.39, 0.29) is 0 Å². The van der Waals surface area contributed by atoms with Crippen molar-refractivity contribution in [3.8, 4) is 0 Å². The molecule has 1 aromatic rings. The summed E-state index contributed by atoms with van der Waals surface area (Å²) in [6, 6.07) is 11.4. The molecule has 1 atom stereocenters. The summed E-state index contributed by atoms with van der Waals surface area (Å²) >= 11 is 2.08. The third kappa shape index (κ3) is 7.07. The summed E-state index contributed by atoms with van der Waals surface area (Å²) in [5.41, 5.74) is 1.44. The van der Waals surface area contributed by atoms with Crippen LogP contribution >= 0.6 is 11.8 Å². The lowest BCUT2D eigenvalue weighted by atomic mass is 10.1. The maximum Gasteiger partial charge on any atom is 0.0198 e. The zero-order chi connectivity index (χ0) is 13.2. The van der Waals surface area contributed by atoms with Gasteiger partial charge in [0.2, 0.25) is 0 Å². The standard InChI is InChI=1S/C16H27NS/c1-4-10-17-16(13-18-12-14(2)3)11-15-8-6-5-7-9-15/h5-9,14,16-17H,4,10-13H2,1-3H3. The van der Waals surface area contributed by atoms with Crippen LogP contribution in [0.25, 0.3) is 0 Å². The van der Waals surface area contributed by atoms with E-state index >= 15 is 0 Å². The van der Waals surface area contributed by atoms with Crippen molar-refractivity contribution in [1.82, 2.24) is 5.32 Å². The maximum absolute atomic E-state index is 3.67. The highest BCUT2D eigenvalue weighted by molar-refractivity contribution is 7.99. The molecule has 1 aromatic carbocycles. The second kappa shape index (κ2) is 9.46. The van der Waals surface area contributed by atoms with E-state index < -0.39 is 0 Å². The minimum atomic E-state index is 0.607. The second-order valence-corrected chi connectivity index (χ2v) is 6.35. The normalized spacial score (nSPS) is 12.9. The lowest BCUT2D eigenvalue weighted by molar-refractivity contribution is 0.549. The fourth-order valence-corrected chi connectivity index (χ4v) is 3.01. The zero-order valence-corrected chi connectivity index (χ0v) is 12.8. The first-order chi connectivity index (χ1) is 8.72. The van der Waals surface area contributed by atoms with Gasteiger partial charge >= 0.3 is 0 Å². The average molecular weight is 265 g/mol. The molecule has 0 radical (unpaired) electrons. The molecular formula is C16H27NS. The van der Waals surface area contributed by atoms with Crippen LogP contribution in [0.4, 0.5) is 0 Å². The fourth-order valence-electron chi connectivity index (χ4n) is 1.88. The monoisotopic (exact) mass is 265 g/mol. The quantitative estimate of drug-likeness (QED) is 0.724. The van der Waals surface area contributed by atoms with E-state index in [4.69, 9.17) is 0 Å². The van der Waals surface area contributed by atoms with Crippen LogP contribution in [0.3, 0.4) is 0 Å². The van der Waals surface area contributed by atoms with Crippen molar-refractivity contribution in [2.75, 3.05) is 18.1 Å². The molecule has 0 amide bonds. The number of thioether (sulfide) groups is 1. The minimum absolute atomic E-state index is 0.607. The summed E-state index contributed by atoms with van der Waals surface area (Å²) in [7, 11) is 0. The van der Waals surface area contributed by atoms with Gasteiger partial charge in [0.1, 0.15) is 0 Å². The van der Waals surface area contributed by atoms with Crippen molar-refractivity contribution < 1.29 is 0 Å². The second-order valence-electron chi connectivity index (χ2n) is 5.27. The van der Waals surface area contributed by atoms with Gasteiger partial charge in [-0.15, -0.1) is 0 Å². The van der Waals surface area contributed by atoms with Gasteiger partial charge in [-0.05, 0) is 36.6 Å². The molecule has 0 spiro atoms. The van der Waals surface area contributed by atoms with Crippen LogP contribution in [0, 0.1) is 5.92 Å². The molecule has 0 fully saturated rings. The fraction of sp³-hybridized carbons (Fsp3) is 0.625. The summed E-state index contributed by atoms with van der Waals surface area (Å²) in [6.07, 6.45) is 2.35. The molecule has 2 heteroatoms.